The van der Waals surface area contributed by atoms with Gasteiger partial charge in [-0.05, 0) is 66.4 Å². The fourth-order valence-electron chi connectivity index (χ4n) is 4.19. The molecule has 0 radical (unpaired) electrons. The van der Waals surface area contributed by atoms with E-state index in [0.29, 0.717) is 34.3 Å². The predicted molar refractivity (Wildman–Crippen MR) is 163 cm³/mol. The highest BCUT2D eigenvalue weighted by atomic mass is 35.5. The lowest BCUT2D eigenvalue weighted by Crippen LogP contribution is -2.52. The Balaban J connectivity index is 2.06. The van der Waals surface area contributed by atoms with E-state index in [2.05, 4.69) is 5.32 Å². The maximum absolute atomic E-state index is 14.1. The van der Waals surface area contributed by atoms with Crippen LogP contribution in [-0.2, 0) is 26.2 Å². The average Bonchev–Trinajstić information content (AvgIpc) is 2.95. The Bertz CT molecular complexity index is 1450. The Morgan fingerprint density at radius 1 is 0.976 bits per heavy atom. The Morgan fingerprint density at radius 3 is 2.24 bits per heavy atom. The molecule has 0 fully saturated rings. The summed E-state index contributed by atoms with van der Waals surface area (Å²) < 4.78 is 34.0. The highest BCUT2D eigenvalue weighted by Crippen LogP contribution is 2.28. The molecule has 0 bridgehead atoms. The molecule has 3 rings (SSSR count). The molecule has 220 valence electrons. The van der Waals surface area contributed by atoms with E-state index in [1.54, 1.807) is 49.4 Å². The number of nitrogens with zero attached hydrogens (tertiary/aromatic N) is 2. The second-order valence-corrected chi connectivity index (χ2v) is 12.5. The molecule has 8 nitrogen and oxygen atoms in total. The summed E-state index contributed by atoms with van der Waals surface area (Å²) in [6.45, 7) is 5.62. The molecule has 11 heteroatoms. The molecule has 3 aromatic carbocycles. The second kappa shape index (κ2) is 14.6. The topological polar surface area (TPSA) is 96.0 Å². The highest BCUT2D eigenvalue weighted by molar-refractivity contribution is 7.92. The van der Waals surface area contributed by atoms with Crippen molar-refractivity contribution in [2.75, 3.05) is 24.5 Å². The molecule has 0 aliphatic carbocycles. The number of hydrogen-bond acceptors (Lipinski definition) is 5. The number of methoxy groups -OCH3 is 1. The zero-order chi connectivity index (χ0) is 30.2. The first kappa shape index (κ1) is 32.2. The van der Waals surface area contributed by atoms with Crippen molar-refractivity contribution < 1.29 is 22.7 Å². The predicted octanol–water partition coefficient (Wildman–Crippen LogP) is 5.78. The van der Waals surface area contributed by atoms with Crippen LogP contribution in [0.3, 0.4) is 0 Å². The van der Waals surface area contributed by atoms with Crippen LogP contribution >= 0.6 is 23.2 Å². The summed E-state index contributed by atoms with van der Waals surface area (Å²) in [5.74, 6) is -0.210. The van der Waals surface area contributed by atoms with E-state index in [4.69, 9.17) is 27.9 Å². The molecule has 1 atom stereocenters. The first-order chi connectivity index (χ1) is 19.5. The van der Waals surface area contributed by atoms with Crippen LogP contribution in [0.5, 0.6) is 5.75 Å². The van der Waals surface area contributed by atoms with Crippen molar-refractivity contribution in [1.29, 1.82) is 0 Å². The van der Waals surface area contributed by atoms with Crippen LogP contribution in [0.15, 0.2) is 77.7 Å². The van der Waals surface area contributed by atoms with Crippen LogP contribution in [0.4, 0.5) is 5.69 Å². The summed E-state index contributed by atoms with van der Waals surface area (Å²) in [6, 6.07) is 18.3. The summed E-state index contributed by atoms with van der Waals surface area (Å²) in [4.78, 5) is 28.7. The van der Waals surface area contributed by atoms with Gasteiger partial charge in [0.15, 0.2) is 0 Å². The molecule has 0 saturated carbocycles. The Morgan fingerprint density at radius 2 is 1.66 bits per heavy atom. The molecule has 0 saturated heterocycles. The van der Waals surface area contributed by atoms with Gasteiger partial charge in [0.25, 0.3) is 10.0 Å². The van der Waals surface area contributed by atoms with E-state index in [0.717, 1.165) is 4.31 Å². The Hall–Kier alpha value is -3.27. The summed E-state index contributed by atoms with van der Waals surface area (Å²) in [5.41, 5.74) is 0.835. The van der Waals surface area contributed by atoms with Gasteiger partial charge in [0.1, 0.15) is 18.3 Å². The van der Waals surface area contributed by atoms with Crippen molar-refractivity contribution in [3.8, 4) is 5.75 Å². The van der Waals surface area contributed by atoms with Crippen LogP contribution < -0.4 is 14.4 Å². The molecule has 0 aromatic heterocycles. The van der Waals surface area contributed by atoms with Crippen LogP contribution in [-0.4, -0.2) is 51.4 Å². The van der Waals surface area contributed by atoms with Crippen LogP contribution in [0.25, 0.3) is 0 Å². The van der Waals surface area contributed by atoms with Crippen molar-refractivity contribution in [3.05, 3.63) is 88.4 Å². The molecule has 0 aliphatic heterocycles. The van der Waals surface area contributed by atoms with E-state index in [-0.39, 0.29) is 29.0 Å². The van der Waals surface area contributed by atoms with Crippen molar-refractivity contribution in [1.82, 2.24) is 10.2 Å². The van der Waals surface area contributed by atoms with Gasteiger partial charge in [-0.25, -0.2) is 8.42 Å². The SMILES string of the molecule is CC[C@@H](C(=O)NCC(C)C)N(Cc1ccccc1Cl)C(=O)CN(c1cccc(Cl)c1)S(=O)(=O)c1ccc(OC)cc1. The number of carbonyl (C=O) groups is 2. The largest absolute Gasteiger partial charge is 0.497 e. The normalized spacial score (nSPS) is 12.1. The molecular weight excluding hydrogens is 585 g/mol. The first-order valence-corrected chi connectivity index (χ1v) is 15.4. The van der Waals surface area contributed by atoms with Gasteiger partial charge < -0.3 is 15.0 Å². The molecule has 0 heterocycles. The lowest BCUT2D eigenvalue weighted by molar-refractivity contribution is -0.140. The maximum atomic E-state index is 14.1. The third-order valence-corrected chi connectivity index (χ3v) is 8.78. The maximum Gasteiger partial charge on any atom is 0.264 e. The van der Waals surface area contributed by atoms with Crippen LogP contribution in [0.2, 0.25) is 10.0 Å². The van der Waals surface area contributed by atoms with Crippen LogP contribution in [0, 0.1) is 5.92 Å². The van der Waals surface area contributed by atoms with E-state index >= 15 is 0 Å². The van der Waals surface area contributed by atoms with Crippen molar-refractivity contribution in [3.63, 3.8) is 0 Å². The van der Waals surface area contributed by atoms with Gasteiger partial charge in [0.2, 0.25) is 11.8 Å². The average molecular weight is 621 g/mol. The minimum atomic E-state index is -4.23. The van der Waals surface area contributed by atoms with Gasteiger partial charge in [-0.2, -0.15) is 0 Å². The smallest absolute Gasteiger partial charge is 0.264 e. The van der Waals surface area contributed by atoms with E-state index in [1.165, 1.54) is 42.3 Å². The lowest BCUT2D eigenvalue weighted by atomic mass is 10.1. The van der Waals surface area contributed by atoms with Crippen molar-refractivity contribution in [2.24, 2.45) is 5.92 Å². The molecule has 0 aliphatic rings. The molecule has 41 heavy (non-hydrogen) atoms. The minimum absolute atomic E-state index is 0.0120. The number of ether oxygens (including phenoxy) is 1. The standard InChI is InChI=1S/C30H35Cl2N3O5S/c1-5-28(30(37)33-18-21(2)3)34(19-22-9-6-7-12-27(22)32)29(36)20-35(24-11-8-10-23(31)17-24)41(38,39)26-15-13-25(40-4)14-16-26/h6-17,21,28H,5,18-20H2,1-4H3,(H,33,37)/t28-/m0/s1. The summed E-state index contributed by atoms with van der Waals surface area (Å²) >= 11 is 12.7. The molecule has 3 aromatic rings. The van der Waals surface area contributed by atoms with Gasteiger partial charge in [0.05, 0.1) is 17.7 Å². The number of anilines is 1. The van der Waals surface area contributed by atoms with E-state index in [1.807, 2.05) is 13.8 Å². The van der Waals surface area contributed by atoms with Crippen molar-refractivity contribution >= 4 is 50.7 Å². The molecule has 0 spiro atoms. The molecule has 0 unspecified atom stereocenters. The third kappa shape index (κ3) is 8.38. The summed E-state index contributed by atoms with van der Waals surface area (Å²) in [5, 5.41) is 3.64. The number of rotatable bonds is 13. The van der Waals surface area contributed by atoms with Gasteiger partial charge in [-0.3, -0.25) is 13.9 Å². The lowest BCUT2D eigenvalue weighted by Gasteiger charge is -2.33. The quantitative estimate of drug-likeness (QED) is 0.262. The fourth-order valence-corrected chi connectivity index (χ4v) is 5.97. The zero-order valence-corrected chi connectivity index (χ0v) is 25.8. The summed E-state index contributed by atoms with van der Waals surface area (Å²) in [6.07, 6.45) is 0.308. The minimum Gasteiger partial charge on any atom is -0.497 e. The van der Waals surface area contributed by atoms with Crippen molar-refractivity contribution in [2.45, 2.75) is 44.7 Å². The highest BCUT2D eigenvalue weighted by Gasteiger charge is 2.34. The van der Waals surface area contributed by atoms with Gasteiger partial charge >= 0.3 is 0 Å². The number of hydrogen-bond donors (Lipinski definition) is 1. The molecular formula is C30H35Cl2N3O5S. The van der Waals surface area contributed by atoms with Gasteiger partial charge in [-0.15, -0.1) is 0 Å². The van der Waals surface area contributed by atoms with Gasteiger partial charge in [-0.1, -0.05) is 68.2 Å². The Labute approximate surface area is 252 Å². The number of amides is 2. The number of sulfonamides is 1. The monoisotopic (exact) mass is 619 g/mol. The summed E-state index contributed by atoms with van der Waals surface area (Å²) in [7, 11) is -2.75. The number of carbonyl (C=O) groups excluding carboxylic acids is 2. The third-order valence-electron chi connectivity index (χ3n) is 6.39. The number of benzene rings is 3. The number of halogens is 2. The van der Waals surface area contributed by atoms with Gasteiger partial charge in [0, 0.05) is 23.1 Å². The zero-order valence-electron chi connectivity index (χ0n) is 23.5. The van der Waals surface area contributed by atoms with E-state index < -0.39 is 28.5 Å². The first-order valence-electron chi connectivity index (χ1n) is 13.2. The second-order valence-electron chi connectivity index (χ2n) is 9.84. The molecule has 2 amide bonds. The Kier molecular flexibility index (Phi) is 11.5. The fraction of sp³-hybridized carbons (Fsp3) is 0.333. The number of nitrogens with one attached hydrogen (secondary N) is 1. The van der Waals surface area contributed by atoms with Crippen LogP contribution in [0.1, 0.15) is 32.8 Å². The van der Waals surface area contributed by atoms with E-state index in [9.17, 15) is 18.0 Å². The molecule has 1 N–H and O–H groups in total.